The predicted molar refractivity (Wildman–Crippen MR) is 115 cm³/mol. The van der Waals surface area contributed by atoms with Crippen LogP contribution in [0.1, 0.15) is 27.2 Å². The number of carbonyl (C=O) groups excluding carboxylic acids is 1. The molecule has 2 aliphatic heterocycles. The molecule has 0 saturated carbocycles. The molecule has 2 fully saturated rings. The highest BCUT2D eigenvalue weighted by molar-refractivity contribution is 14.0. The Kier molecular flexibility index (Phi) is 8.76. The summed E-state index contributed by atoms with van der Waals surface area (Å²) < 4.78 is 0. The molecule has 0 aliphatic carbocycles. The number of nitrogens with two attached hydrogens (primary N) is 1. The summed E-state index contributed by atoms with van der Waals surface area (Å²) in [6.07, 6.45) is 0.807. The number of hydrogen-bond donors (Lipinski definition) is 3. The zero-order chi connectivity index (χ0) is 17.8. The van der Waals surface area contributed by atoms with Crippen molar-refractivity contribution < 1.29 is 9.90 Å². The number of primary amides is 1. The van der Waals surface area contributed by atoms with Crippen molar-refractivity contribution in [2.24, 2.45) is 10.7 Å². The van der Waals surface area contributed by atoms with Gasteiger partial charge >= 0.3 is 0 Å². The summed E-state index contributed by atoms with van der Waals surface area (Å²) in [7, 11) is 0. The number of thioether (sulfide) groups is 1. The first-order chi connectivity index (χ1) is 11.3. The largest absolute Gasteiger partial charge is 0.387 e. The van der Waals surface area contributed by atoms with Gasteiger partial charge in [0.05, 0.1) is 17.7 Å². The third kappa shape index (κ3) is 5.86. The third-order valence-corrected chi connectivity index (χ3v) is 6.15. The Balaban J connectivity index is 0.00000312. The van der Waals surface area contributed by atoms with E-state index in [4.69, 9.17) is 5.73 Å². The second-order valence-electron chi connectivity index (χ2n) is 7.09. The van der Waals surface area contributed by atoms with E-state index < -0.39 is 11.1 Å². The van der Waals surface area contributed by atoms with Crippen LogP contribution in [0.5, 0.6) is 0 Å². The number of nitrogens with one attached hydrogen (secondary N) is 1. The van der Waals surface area contributed by atoms with Crippen molar-refractivity contribution in [1.29, 1.82) is 0 Å². The number of guanidine groups is 1. The molecule has 2 aliphatic rings. The fourth-order valence-corrected chi connectivity index (χ4v) is 4.29. The van der Waals surface area contributed by atoms with E-state index in [-0.39, 0.29) is 29.9 Å². The second kappa shape index (κ2) is 9.61. The van der Waals surface area contributed by atoms with Crippen LogP contribution in [0.15, 0.2) is 4.99 Å². The van der Waals surface area contributed by atoms with Crippen LogP contribution in [0, 0.1) is 0 Å². The number of aliphatic hydroxyl groups is 1. The summed E-state index contributed by atoms with van der Waals surface area (Å²) in [6, 6.07) is 0. The zero-order valence-electron chi connectivity index (χ0n) is 15.5. The Labute approximate surface area is 172 Å². The fourth-order valence-electron chi connectivity index (χ4n) is 3.00. The lowest BCUT2D eigenvalue weighted by atomic mass is 10.0. The average Bonchev–Trinajstić information content (AvgIpc) is 2.98. The molecule has 4 N–H and O–H groups in total. The van der Waals surface area contributed by atoms with E-state index in [2.05, 4.69) is 20.1 Å². The maximum Gasteiger partial charge on any atom is 0.237 e. The number of piperazine rings is 1. The molecule has 146 valence electrons. The van der Waals surface area contributed by atoms with Crippen molar-refractivity contribution in [2.75, 3.05) is 50.8 Å². The summed E-state index contributed by atoms with van der Waals surface area (Å²) >= 11 is 1.78. The van der Waals surface area contributed by atoms with Gasteiger partial charge in [0.1, 0.15) is 0 Å². The van der Waals surface area contributed by atoms with E-state index in [1.54, 1.807) is 11.8 Å². The number of halogens is 1. The van der Waals surface area contributed by atoms with Crippen LogP contribution < -0.4 is 11.1 Å². The summed E-state index contributed by atoms with van der Waals surface area (Å²) in [5, 5.41) is 13.8. The summed E-state index contributed by atoms with van der Waals surface area (Å²) in [6.45, 7) is 10.1. The molecule has 0 aromatic carbocycles. The fraction of sp³-hybridized carbons (Fsp3) is 0.875. The van der Waals surface area contributed by atoms with Gasteiger partial charge in [0, 0.05) is 38.5 Å². The zero-order valence-corrected chi connectivity index (χ0v) is 18.6. The lowest BCUT2D eigenvalue weighted by Crippen LogP contribution is -2.61. The normalized spacial score (nSPS) is 25.6. The van der Waals surface area contributed by atoms with Gasteiger partial charge in [-0.1, -0.05) is 0 Å². The average molecular weight is 485 g/mol. The van der Waals surface area contributed by atoms with Crippen molar-refractivity contribution in [3.63, 3.8) is 0 Å². The monoisotopic (exact) mass is 485 g/mol. The van der Waals surface area contributed by atoms with Crippen LogP contribution >= 0.6 is 35.7 Å². The lowest BCUT2D eigenvalue weighted by Gasteiger charge is -2.43. The Morgan fingerprint density at radius 3 is 2.48 bits per heavy atom. The van der Waals surface area contributed by atoms with Crippen molar-refractivity contribution >= 4 is 47.6 Å². The highest BCUT2D eigenvalue weighted by atomic mass is 127. The van der Waals surface area contributed by atoms with Gasteiger partial charge in [-0.3, -0.25) is 14.7 Å². The molecule has 2 rings (SSSR count). The first-order valence-corrected chi connectivity index (χ1v) is 9.82. The minimum atomic E-state index is -0.666. The lowest BCUT2D eigenvalue weighted by molar-refractivity contribution is -0.129. The van der Waals surface area contributed by atoms with Gasteiger partial charge in [0.15, 0.2) is 5.96 Å². The molecule has 0 aromatic rings. The molecule has 1 atom stereocenters. The summed E-state index contributed by atoms with van der Waals surface area (Å²) in [5.74, 6) is 2.32. The molecule has 0 spiro atoms. The van der Waals surface area contributed by atoms with Crippen LogP contribution in [0.2, 0.25) is 0 Å². The number of carbonyl (C=O) groups is 1. The minimum Gasteiger partial charge on any atom is -0.387 e. The number of aliphatic imine (C=N–C) groups is 1. The van der Waals surface area contributed by atoms with E-state index in [0.717, 1.165) is 56.6 Å². The van der Waals surface area contributed by atoms with Crippen LogP contribution in [0.3, 0.4) is 0 Å². The maximum atomic E-state index is 11.6. The molecule has 7 nitrogen and oxygen atoms in total. The van der Waals surface area contributed by atoms with E-state index in [9.17, 15) is 9.90 Å². The van der Waals surface area contributed by atoms with Crippen LogP contribution in [0.25, 0.3) is 0 Å². The number of hydrogen-bond acceptors (Lipinski definition) is 5. The van der Waals surface area contributed by atoms with Gasteiger partial charge in [-0.25, -0.2) is 0 Å². The Morgan fingerprint density at radius 1 is 1.36 bits per heavy atom. The summed E-state index contributed by atoms with van der Waals surface area (Å²) in [5.41, 5.74) is 4.22. The van der Waals surface area contributed by atoms with Crippen LogP contribution in [-0.2, 0) is 4.79 Å². The van der Waals surface area contributed by atoms with E-state index in [1.165, 1.54) is 0 Å². The van der Waals surface area contributed by atoms with Gasteiger partial charge in [-0.05, 0) is 32.9 Å². The quantitative estimate of drug-likeness (QED) is 0.295. The maximum absolute atomic E-state index is 11.6. The molecule has 0 bridgehead atoms. The third-order valence-electron chi connectivity index (χ3n) is 4.91. The smallest absolute Gasteiger partial charge is 0.237 e. The van der Waals surface area contributed by atoms with E-state index >= 15 is 0 Å². The minimum absolute atomic E-state index is 0. The van der Waals surface area contributed by atoms with E-state index in [1.807, 2.05) is 20.8 Å². The highest BCUT2D eigenvalue weighted by Gasteiger charge is 2.36. The molecule has 2 heterocycles. The molecule has 0 radical (unpaired) electrons. The number of amides is 1. The topological polar surface area (TPSA) is 94.2 Å². The van der Waals surface area contributed by atoms with Gasteiger partial charge in [-0.2, -0.15) is 11.8 Å². The van der Waals surface area contributed by atoms with Gasteiger partial charge in [0.25, 0.3) is 0 Å². The van der Waals surface area contributed by atoms with Crippen molar-refractivity contribution in [3.8, 4) is 0 Å². The van der Waals surface area contributed by atoms with Crippen molar-refractivity contribution in [2.45, 2.75) is 38.3 Å². The first-order valence-electron chi connectivity index (χ1n) is 8.67. The molecule has 0 aromatic heterocycles. The molecular weight excluding hydrogens is 453 g/mol. The number of nitrogens with zero attached hydrogens (tertiary/aromatic N) is 3. The molecule has 2 saturated heterocycles. The van der Waals surface area contributed by atoms with E-state index in [0.29, 0.717) is 6.54 Å². The van der Waals surface area contributed by atoms with Gasteiger partial charge < -0.3 is 21.1 Å². The van der Waals surface area contributed by atoms with Crippen molar-refractivity contribution in [3.05, 3.63) is 0 Å². The molecule has 25 heavy (non-hydrogen) atoms. The van der Waals surface area contributed by atoms with Gasteiger partial charge in [0.2, 0.25) is 5.91 Å². The Morgan fingerprint density at radius 2 is 2.00 bits per heavy atom. The molecule has 1 amide bonds. The molecular formula is C16H32IN5O2S. The highest BCUT2D eigenvalue weighted by Crippen LogP contribution is 2.28. The molecule has 1 unspecified atom stereocenters. The second-order valence-corrected chi connectivity index (χ2v) is 8.20. The van der Waals surface area contributed by atoms with Crippen molar-refractivity contribution in [1.82, 2.24) is 15.1 Å². The molecule has 9 heteroatoms. The number of rotatable bonds is 5. The SMILES string of the molecule is CCNC(=NCC1(O)CCSC1)N1CCN(C(C)(C)C(N)=O)CC1.I. The standard InChI is InChI=1S/C16H31N5O2S.HI/c1-4-18-14(19-11-16(23)5-10-24-12-16)20-6-8-21(9-7-20)15(2,3)13(17)22;/h23H,4-12H2,1-3H3,(H2,17,22)(H,18,19);1H. The Bertz CT molecular complexity index is 475. The van der Waals surface area contributed by atoms with Gasteiger partial charge in [-0.15, -0.1) is 24.0 Å². The van der Waals surface area contributed by atoms with Crippen LogP contribution in [0.4, 0.5) is 0 Å². The van der Waals surface area contributed by atoms with Crippen LogP contribution in [-0.4, -0.2) is 88.7 Å². The predicted octanol–water partition coefficient (Wildman–Crippen LogP) is 0.319. The Hall–Kier alpha value is -0.260. The first kappa shape index (κ1) is 22.8. The summed E-state index contributed by atoms with van der Waals surface area (Å²) in [4.78, 5) is 20.6.